The summed E-state index contributed by atoms with van der Waals surface area (Å²) in [6.07, 6.45) is 3.19. The van der Waals surface area contributed by atoms with E-state index in [1.165, 1.54) is 5.56 Å². The van der Waals surface area contributed by atoms with Crippen LogP contribution in [0.4, 0.5) is 0 Å². The fraction of sp³-hybridized carbons (Fsp3) is 0.611. The molecule has 4 nitrogen and oxygen atoms in total. The highest BCUT2D eigenvalue weighted by atomic mass is 16.5. The van der Waals surface area contributed by atoms with E-state index in [4.69, 9.17) is 4.74 Å². The lowest BCUT2D eigenvalue weighted by molar-refractivity contribution is -0.124. The van der Waals surface area contributed by atoms with E-state index in [0.717, 1.165) is 31.6 Å². The van der Waals surface area contributed by atoms with Crippen molar-refractivity contribution < 1.29 is 9.53 Å². The second-order valence-electron chi connectivity index (χ2n) is 6.19. The van der Waals surface area contributed by atoms with E-state index in [1.807, 2.05) is 18.2 Å². The fourth-order valence-corrected chi connectivity index (χ4v) is 2.87. The van der Waals surface area contributed by atoms with Gasteiger partial charge in [0.1, 0.15) is 5.75 Å². The molecule has 3 unspecified atom stereocenters. The van der Waals surface area contributed by atoms with Crippen LogP contribution in [0.3, 0.4) is 0 Å². The van der Waals surface area contributed by atoms with Crippen LogP contribution in [0.1, 0.15) is 51.5 Å². The van der Waals surface area contributed by atoms with E-state index >= 15 is 0 Å². The van der Waals surface area contributed by atoms with Gasteiger partial charge in [-0.05, 0) is 50.3 Å². The number of ether oxygens (including phenoxy) is 1. The molecule has 1 aliphatic heterocycles. The van der Waals surface area contributed by atoms with Crippen LogP contribution >= 0.6 is 0 Å². The third-order valence-corrected chi connectivity index (χ3v) is 4.53. The largest absolute Gasteiger partial charge is 0.483 e. The predicted molar refractivity (Wildman–Crippen MR) is 89.3 cm³/mol. The summed E-state index contributed by atoms with van der Waals surface area (Å²) in [7, 11) is 0. The Morgan fingerprint density at radius 3 is 2.95 bits per heavy atom. The minimum Gasteiger partial charge on any atom is -0.483 e. The zero-order valence-corrected chi connectivity index (χ0v) is 13.9. The number of hydrogen-bond donors (Lipinski definition) is 2. The molecule has 0 radical (unpaired) electrons. The van der Waals surface area contributed by atoms with Crippen molar-refractivity contribution in [3.05, 3.63) is 29.8 Å². The van der Waals surface area contributed by atoms with Gasteiger partial charge in [0, 0.05) is 12.1 Å². The maximum atomic E-state index is 12.1. The highest BCUT2D eigenvalue weighted by molar-refractivity contribution is 5.78. The van der Waals surface area contributed by atoms with Crippen molar-refractivity contribution in [3.63, 3.8) is 0 Å². The molecule has 1 aromatic rings. The van der Waals surface area contributed by atoms with Crippen LogP contribution in [0.25, 0.3) is 0 Å². The maximum Gasteiger partial charge on any atom is 0.258 e. The van der Waals surface area contributed by atoms with Gasteiger partial charge < -0.3 is 15.4 Å². The van der Waals surface area contributed by atoms with E-state index in [-0.39, 0.29) is 18.6 Å². The first kappa shape index (κ1) is 16.8. The van der Waals surface area contributed by atoms with Crippen LogP contribution in [-0.2, 0) is 4.79 Å². The smallest absolute Gasteiger partial charge is 0.258 e. The van der Waals surface area contributed by atoms with Gasteiger partial charge in [0.25, 0.3) is 5.91 Å². The third kappa shape index (κ3) is 4.47. The molecule has 1 saturated heterocycles. The van der Waals surface area contributed by atoms with Gasteiger partial charge in [-0.3, -0.25) is 4.79 Å². The molecule has 1 aromatic carbocycles. The van der Waals surface area contributed by atoms with E-state index in [1.54, 1.807) is 0 Å². The molecule has 0 saturated carbocycles. The van der Waals surface area contributed by atoms with Crippen molar-refractivity contribution in [1.29, 1.82) is 0 Å². The Morgan fingerprint density at radius 1 is 1.45 bits per heavy atom. The molecule has 1 aliphatic rings. The number of rotatable bonds is 6. The number of piperidine rings is 1. The summed E-state index contributed by atoms with van der Waals surface area (Å²) in [4.78, 5) is 12.1. The lowest BCUT2D eigenvalue weighted by Gasteiger charge is -2.30. The van der Waals surface area contributed by atoms with Crippen LogP contribution in [-0.4, -0.2) is 31.1 Å². The Hall–Kier alpha value is -1.55. The third-order valence-electron chi connectivity index (χ3n) is 4.53. The Balaban J connectivity index is 1.88. The zero-order chi connectivity index (χ0) is 15.9. The van der Waals surface area contributed by atoms with Crippen LogP contribution < -0.4 is 15.4 Å². The quantitative estimate of drug-likeness (QED) is 0.849. The molecule has 0 aromatic heterocycles. The van der Waals surface area contributed by atoms with Crippen LogP contribution in [0, 0.1) is 0 Å². The zero-order valence-electron chi connectivity index (χ0n) is 13.9. The van der Waals surface area contributed by atoms with E-state index in [2.05, 4.69) is 37.5 Å². The normalized spacial score (nSPS) is 22.9. The lowest BCUT2D eigenvalue weighted by atomic mass is 9.98. The van der Waals surface area contributed by atoms with Gasteiger partial charge in [-0.1, -0.05) is 32.0 Å². The van der Waals surface area contributed by atoms with Crippen molar-refractivity contribution in [2.24, 2.45) is 0 Å². The van der Waals surface area contributed by atoms with Gasteiger partial charge in [0.05, 0.1) is 0 Å². The van der Waals surface area contributed by atoms with E-state index in [0.29, 0.717) is 12.0 Å². The summed E-state index contributed by atoms with van der Waals surface area (Å²) in [5.74, 6) is 1.21. The van der Waals surface area contributed by atoms with Crippen molar-refractivity contribution in [1.82, 2.24) is 10.6 Å². The molecule has 0 spiro atoms. The van der Waals surface area contributed by atoms with Gasteiger partial charge in [-0.2, -0.15) is 0 Å². The summed E-state index contributed by atoms with van der Waals surface area (Å²) in [5, 5.41) is 6.46. The molecular formula is C18H28N2O2. The highest BCUT2D eigenvalue weighted by Crippen LogP contribution is 2.28. The van der Waals surface area contributed by atoms with Crippen LogP contribution in [0.15, 0.2) is 24.3 Å². The number of hydrogen-bond acceptors (Lipinski definition) is 3. The average molecular weight is 304 g/mol. The molecular weight excluding hydrogens is 276 g/mol. The number of nitrogens with one attached hydrogen (secondary N) is 2. The van der Waals surface area contributed by atoms with E-state index < -0.39 is 0 Å². The number of benzene rings is 1. The predicted octanol–water partition coefficient (Wildman–Crippen LogP) is 2.84. The minimum atomic E-state index is -0.0421. The summed E-state index contributed by atoms with van der Waals surface area (Å²) >= 11 is 0. The van der Waals surface area contributed by atoms with Gasteiger partial charge in [0.15, 0.2) is 6.61 Å². The molecule has 1 heterocycles. The minimum absolute atomic E-state index is 0.0421. The molecule has 22 heavy (non-hydrogen) atoms. The number of para-hydroxylation sites is 1. The second kappa shape index (κ2) is 8.18. The molecule has 2 N–H and O–H groups in total. The first-order valence-corrected chi connectivity index (χ1v) is 8.36. The maximum absolute atomic E-state index is 12.1. The van der Waals surface area contributed by atoms with Gasteiger partial charge in [-0.15, -0.1) is 0 Å². The average Bonchev–Trinajstić information content (AvgIpc) is 2.54. The van der Waals surface area contributed by atoms with Crippen molar-refractivity contribution >= 4 is 5.91 Å². The molecule has 122 valence electrons. The number of amides is 1. The summed E-state index contributed by atoms with van der Waals surface area (Å²) in [6, 6.07) is 8.52. The molecule has 4 heteroatoms. The van der Waals surface area contributed by atoms with Crippen molar-refractivity contribution in [3.8, 4) is 5.75 Å². The SMILES string of the molecule is CCC(C)c1ccccc1OCC(=O)NC1CCCNC1C. The molecule has 0 aliphatic carbocycles. The van der Waals surface area contributed by atoms with Crippen molar-refractivity contribution in [2.45, 2.75) is 58.0 Å². The Kier molecular flexibility index (Phi) is 6.25. The molecule has 1 fully saturated rings. The Bertz CT molecular complexity index is 490. The summed E-state index contributed by atoms with van der Waals surface area (Å²) in [6.45, 7) is 7.56. The van der Waals surface area contributed by atoms with E-state index in [9.17, 15) is 4.79 Å². The first-order chi connectivity index (χ1) is 10.6. The summed E-state index contributed by atoms with van der Waals surface area (Å²) in [5.41, 5.74) is 1.17. The molecule has 0 bridgehead atoms. The number of carbonyl (C=O) groups excluding carboxylic acids is 1. The Labute approximate surface area is 133 Å². The topological polar surface area (TPSA) is 50.4 Å². The first-order valence-electron chi connectivity index (χ1n) is 8.36. The second-order valence-corrected chi connectivity index (χ2v) is 6.19. The standard InChI is InChI=1S/C18H28N2O2/c1-4-13(2)15-8-5-6-10-17(15)22-12-18(21)20-16-9-7-11-19-14(16)3/h5-6,8,10,13-14,16,19H,4,7,9,11-12H2,1-3H3,(H,20,21). The highest BCUT2D eigenvalue weighted by Gasteiger charge is 2.22. The molecule has 2 rings (SSSR count). The fourth-order valence-electron chi connectivity index (χ4n) is 2.87. The van der Waals surface area contributed by atoms with Crippen LogP contribution in [0.2, 0.25) is 0 Å². The Morgan fingerprint density at radius 2 is 2.23 bits per heavy atom. The monoisotopic (exact) mass is 304 g/mol. The molecule has 1 amide bonds. The van der Waals surface area contributed by atoms with Gasteiger partial charge in [-0.25, -0.2) is 0 Å². The number of carbonyl (C=O) groups is 1. The lowest BCUT2D eigenvalue weighted by Crippen LogP contribution is -2.52. The van der Waals surface area contributed by atoms with Crippen LogP contribution in [0.5, 0.6) is 5.75 Å². The summed E-state index contributed by atoms with van der Waals surface area (Å²) < 4.78 is 5.77. The van der Waals surface area contributed by atoms with Gasteiger partial charge >= 0.3 is 0 Å². The van der Waals surface area contributed by atoms with Gasteiger partial charge in [0.2, 0.25) is 0 Å². The molecule has 3 atom stereocenters. The van der Waals surface area contributed by atoms with Crippen molar-refractivity contribution in [2.75, 3.05) is 13.2 Å².